The van der Waals surface area contributed by atoms with Gasteiger partial charge in [-0.3, -0.25) is 0 Å². The maximum absolute atomic E-state index is 9.44. The Balaban J connectivity index is 1.12. The molecular formula is C57H34N2. The minimum absolute atomic E-state index is 0.662. The van der Waals surface area contributed by atoms with Crippen molar-refractivity contribution in [1.29, 1.82) is 5.26 Å². The van der Waals surface area contributed by atoms with Gasteiger partial charge in [0.25, 0.3) is 0 Å². The van der Waals surface area contributed by atoms with E-state index in [1.165, 1.54) is 88.0 Å². The minimum atomic E-state index is 0.662. The normalized spacial score (nSPS) is 11.7. The quantitative estimate of drug-likeness (QED) is 0.172. The molecule has 2 nitrogen and oxygen atoms in total. The second-order valence-electron chi connectivity index (χ2n) is 15.5. The van der Waals surface area contributed by atoms with Gasteiger partial charge in [-0.15, -0.1) is 0 Å². The molecule has 0 fully saturated rings. The van der Waals surface area contributed by atoms with Crippen LogP contribution in [0.3, 0.4) is 0 Å². The number of rotatable bonds is 5. The van der Waals surface area contributed by atoms with Gasteiger partial charge in [-0.25, -0.2) is 0 Å². The molecular weight excluding hydrogens is 713 g/mol. The van der Waals surface area contributed by atoms with Crippen molar-refractivity contribution in [1.82, 2.24) is 4.57 Å². The summed E-state index contributed by atoms with van der Waals surface area (Å²) in [5, 5.41) is 16.9. The predicted octanol–water partition coefficient (Wildman–Crippen LogP) is 15.3. The number of nitriles is 1. The lowest BCUT2D eigenvalue weighted by molar-refractivity contribution is 1.18. The number of fused-ring (bicyclic) bond motifs is 7. The molecule has 0 spiro atoms. The molecule has 1 heterocycles. The average molecular weight is 747 g/mol. The Labute approximate surface area is 342 Å². The van der Waals surface area contributed by atoms with Gasteiger partial charge in [0.2, 0.25) is 0 Å². The van der Waals surface area contributed by atoms with E-state index in [4.69, 9.17) is 0 Å². The van der Waals surface area contributed by atoms with Gasteiger partial charge in [-0.2, -0.15) is 5.26 Å². The second-order valence-corrected chi connectivity index (χ2v) is 15.5. The zero-order valence-corrected chi connectivity index (χ0v) is 32.0. The standard InChI is InChI=1S/C57H34N2/c58-35-36-23-25-37(26-24-36)40-27-31-51-49(33-40)50-34-41(28-32-52(50)59(51)42-17-8-3-9-18-42)43-29-30-48-55-44(43)21-12-22-47(55)56-53(38-13-4-1-5-14-38)45-19-10-11-20-46(45)54(57(48)56)39-15-6-2-7-16-39/h1-34H. The summed E-state index contributed by atoms with van der Waals surface area (Å²) in [6, 6.07) is 76.9. The third-order valence-electron chi connectivity index (χ3n) is 12.4. The molecule has 0 aliphatic heterocycles. The van der Waals surface area contributed by atoms with Crippen molar-refractivity contribution in [3.05, 3.63) is 212 Å². The summed E-state index contributed by atoms with van der Waals surface area (Å²) in [6.07, 6.45) is 0. The summed E-state index contributed by atoms with van der Waals surface area (Å²) >= 11 is 0. The van der Waals surface area contributed by atoms with Crippen LogP contribution in [0.2, 0.25) is 0 Å². The lowest BCUT2D eigenvalue weighted by atomic mass is 9.82. The smallest absolute Gasteiger partial charge is 0.0991 e. The Morgan fingerprint density at radius 1 is 0.322 bits per heavy atom. The lowest BCUT2D eigenvalue weighted by Gasteiger charge is -2.20. The van der Waals surface area contributed by atoms with Gasteiger partial charge >= 0.3 is 0 Å². The molecule has 2 heteroatoms. The number of para-hydroxylation sites is 1. The number of nitrogens with zero attached hydrogens (tertiary/aromatic N) is 2. The molecule has 0 amide bonds. The summed E-state index contributed by atoms with van der Waals surface area (Å²) < 4.78 is 2.38. The fourth-order valence-corrected chi connectivity index (χ4v) is 9.82. The Bertz CT molecular complexity index is 3420. The number of hydrogen-bond donors (Lipinski definition) is 0. The van der Waals surface area contributed by atoms with Crippen LogP contribution in [0, 0.1) is 11.3 Å². The Hall–Kier alpha value is -7.99. The van der Waals surface area contributed by atoms with Gasteiger partial charge in [-0.05, 0) is 137 Å². The fourth-order valence-electron chi connectivity index (χ4n) is 9.82. The Morgan fingerprint density at radius 3 is 1.42 bits per heavy atom. The van der Waals surface area contributed by atoms with Crippen LogP contribution in [0.25, 0.3) is 116 Å². The van der Waals surface area contributed by atoms with Crippen molar-refractivity contribution in [2.24, 2.45) is 0 Å². The molecule has 272 valence electrons. The highest BCUT2D eigenvalue weighted by Crippen LogP contribution is 2.58. The van der Waals surface area contributed by atoms with E-state index in [0.717, 1.165) is 27.8 Å². The van der Waals surface area contributed by atoms with Crippen molar-refractivity contribution >= 4 is 43.4 Å². The zero-order valence-electron chi connectivity index (χ0n) is 32.0. The molecule has 1 aliphatic rings. The molecule has 0 N–H and O–H groups in total. The van der Waals surface area contributed by atoms with E-state index in [0.29, 0.717) is 5.56 Å². The summed E-state index contributed by atoms with van der Waals surface area (Å²) in [6.45, 7) is 0. The lowest BCUT2D eigenvalue weighted by Crippen LogP contribution is -1.93. The second kappa shape index (κ2) is 13.0. The Kier molecular flexibility index (Phi) is 7.33. The summed E-state index contributed by atoms with van der Waals surface area (Å²) in [4.78, 5) is 0. The Morgan fingerprint density at radius 2 is 0.814 bits per heavy atom. The number of benzene rings is 10. The van der Waals surface area contributed by atoms with E-state index in [9.17, 15) is 5.26 Å². The first-order valence-electron chi connectivity index (χ1n) is 20.2. The molecule has 0 bridgehead atoms. The van der Waals surface area contributed by atoms with Gasteiger partial charge in [0.05, 0.1) is 22.7 Å². The van der Waals surface area contributed by atoms with Crippen molar-refractivity contribution in [3.63, 3.8) is 0 Å². The molecule has 1 aromatic heterocycles. The average Bonchev–Trinajstić information content (AvgIpc) is 3.82. The molecule has 10 aromatic carbocycles. The van der Waals surface area contributed by atoms with Crippen molar-refractivity contribution in [2.45, 2.75) is 0 Å². The van der Waals surface area contributed by atoms with E-state index >= 15 is 0 Å². The first-order valence-corrected chi connectivity index (χ1v) is 20.2. The van der Waals surface area contributed by atoms with Gasteiger partial charge in [0.1, 0.15) is 0 Å². The largest absolute Gasteiger partial charge is 0.309 e. The fraction of sp³-hybridized carbons (Fsp3) is 0. The van der Waals surface area contributed by atoms with E-state index in [2.05, 4.69) is 193 Å². The van der Waals surface area contributed by atoms with E-state index in [1.54, 1.807) is 0 Å². The van der Waals surface area contributed by atoms with Crippen LogP contribution in [-0.4, -0.2) is 4.57 Å². The van der Waals surface area contributed by atoms with Crippen molar-refractivity contribution in [3.8, 4) is 78.5 Å². The highest BCUT2D eigenvalue weighted by atomic mass is 15.0. The summed E-state index contributed by atoms with van der Waals surface area (Å²) in [7, 11) is 0. The SMILES string of the molecule is N#Cc1ccc(-c2ccc3c(c2)c2cc(-c4ccc5c6c(cccc46)-c4c-5c(-c5ccccc5)c5ccccc5c4-c4ccccc4)ccc2n3-c2ccccc2)cc1. The maximum Gasteiger partial charge on any atom is 0.0991 e. The molecule has 0 saturated carbocycles. The molecule has 0 atom stereocenters. The van der Waals surface area contributed by atoms with E-state index < -0.39 is 0 Å². The monoisotopic (exact) mass is 746 g/mol. The highest BCUT2D eigenvalue weighted by Gasteiger charge is 2.31. The van der Waals surface area contributed by atoms with Crippen LogP contribution in [0.4, 0.5) is 0 Å². The van der Waals surface area contributed by atoms with Gasteiger partial charge in [0, 0.05) is 16.5 Å². The van der Waals surface area contributed by atoms with Crippen molar-refractivity contribution in [2.75, 3.05) is 0 Å². The van der Waals surface area contributed by atoms with Crippen LogP contribution in [0.5, 0.6) is 0 Å². The van der Waals surface area contributed by atoms with E-state index in [1.807, 2.05) is 24.3 Å². The maximum atomic E-state index is 9.44. The predicted molar refractivity (Wildman–Crippen MR) is 247 cm³/mol. The van der Waals surface area contributed by atoms with Crippen LogP contribution in [-0.2, 0) is 0 Å². The summed E-state index contributed by atoms with van der Waals surface area (Å²) in [5.74, 6) is 0. The zero-order chi connectivity index (χ0) is 39.0. The topological polar surface area (TPSA) is 28.7 Å². The first kappa shape index (κ1) is 33.2. The molecule has 1 aliphatic carbocycles. The van der Waals surface area contributed by atoms with Crippen LogP contribution < -0.4 is 0 Å². The molecule has 0 saturated heterocycles. The third-order valence-corrected chi connectivity index (χ3v) is 12.4. The third kappa shape index (κ3) is 4.99. The van der Waals surface area contributed by atoms with Crippen LogP contribution in [0.15, 0.2) is 206 Å². The van der Waals surface area contributed by atoms with Gasteiger partial charge in [-0.1, -0.05) is 158 Å². The molecule has 12 rings (SSSR count). The highest BCUT2D eigenvalue weighted by molar-refractivity contribution is 6.29. The van der Waals surface area contributed by atoms with Gasteiger partial charge in [0.15, 0.2) is 0 Å². The van der Waals surface area contributed by atoms with Gasteiger partial charge < -0.3 is 4.57 Å². The molecule has 59 heavy (non-hydrogen) atoms. The number of hydrogen-bond acceptors (Lipinski definition) is 1. The minimum Gasteiger partial charge on any atom is -0.309 e. The van der Waals surface area contributed by atoms with Crippen LogP contribution in [0.1, 0.15) is 5.56 Å². The van der Waals surface area contributed by atoms with Crippen LogP contribution >= 0.6 is 0 Å². The van der Waals surface area contributed by atoms with Crippen molar-refractivity contribution < 1.29 is 0 Å². The molecule has 0 radical (unpaired) electrons. The van der Waals surface area contributed by atoms with E-state index in [-0.39, 0.29) is 0 Å². The summed E-state index contributed by atoms with van der Waals surface area (Å²) in [5.41, 5.74) is 18.9. The first-order chi connectivity index (χ1) is 29.2. The molecule has 0 unspecified atom stereocenters. The number of aromatic nitrogens is 1. The molecule has 11 aromatic rings.